The molecular weight excluding hydrogens is 420 g/mol. The fourth-order valence-electron chi connectivity index (χ4n) is 2.97. The number of fused-ring (bicyclic) bond motifs is 1. The zero-order valence-electron chi connectivity index (χ0n) is 16.7. The molecule has 3 heterocycles. The summed E-state index contributed by atoms with van der Waals surface area (Å²) in [6.07, 6.45) is 3.02. The third kappa shape index (κ3) is 4.17. The zero-order chi connectivity index (χ0) is 21.3. The number of amides is 1. The second-order valence-corrected chi connectivity index (χ2v) is 9.39. The number of nitrogens with zero attached hydrogens (tertiary/aromatic N) is 2. The molecule has 0 aliphatic heterocycles. The minimum atomic E-state index is -0.313. The first-order valence-corrected chi connectivity index (χ1v) is 11.2. The lowest BCUT2D eigenvalue weighted by molar-refractivity contribution is -0.115. The standard InChI is InChI=1S/C21H20N4O3S2/c1-11-12(2)30-21-18(11)20(27)24-17(25-21)9-29-13(3)19(26)23-15-6-4-14(5-7-15)16-8-22-10-28-16/h4-8,10,13H,9H2,1-3H3,(H,23,26)(H,24,25,27). The maximum absolute atomic E-state index is 12.5. The number of thioether (sulfide) groups is 1. The Morgan fingerprint density at radius 3 is 2.77 bits per heavy atom. The highest BCUT2D eigenvalue weighted by atomic mass is 32.2. The number of carbonyl (C=O) groups excluding carboxylic acids is 1. The molecule has 9 heteroatoms. The van der Waals surface area contributed by atoms with Crippen molar-refractivity contribution in [2.24, 2.45) is 0 Å². The lowest BCUT2D eigenvalue weighted by Crippen LogP contribution is -2.23. The minimum absolute atomic E-state index is 0.112. The van der Waals surface area contributed by atoms with Crippen LogP contribution >= 0.6 is 23.1 Å². The van der Waals surface area contributed by atoms with Crippen LogP contribution in [0.2, 0.25) is 0 Å². The SMILES string of the molecule is Cc1sc2nc(CSC(C)C(=O)Nc3ccc(-c4cnco4)cc3)[nH]c(=O)c2c1C. The number of thiophene rings is 1. The number of benzene rings is 1. The van der Waals surface area contributed by atoms with Crippen LogP contribution in [0.3, 0.4) is 0 Å². The van der Waals surface area contributed by atoms with Crippen molar-refractivity contribution in [3.8, 4) is 11.3 Å². The summed E-state index contributed by atoms with van der Waals surface area (Å²) >= 11 is 2.94. The Bertz CT molecular complexity index is 1240. The summed E-state index contributed by atoms with van der Waals surface area (Å²) in [6, 6.07) is 7.37. The van der Waals surface area contributed by atoms with Gasteiger partial charge in [-0.15, -0.1) is 23.1 Å². The third-order valence-electron chi connectivity index (χ3n) is 4.80. The van der Waals surface area contributed by atoms with Gasteiger partial charge in [0.25, 0.3) is 5.56 Å². The molecule has 0 saturated carbocycles. The van der Waals surface area contributed by atoms with Gasteiger partial charge in [-0.05, 0) is 50.6 Å². The van der Waals surface area contributed by atoms with E-state index in [0.717, 1.165) is 20.8 Å². The summed E-state index contributed by atoms with van der Waals surface area (Å²) in [6.45, 7) is 5.75. The van der Waals surface area contributed by atoms with E-state index in [1.165, 1.54) is 29.5 Å². The molecule has 4 aromatic rings. The smallest absolute Gasteiger partial charge is 0.259 e. The molecule has 0 spiro atoms. The van der Waals surface area contributed by atoms with E-state index in [9.17, 15) is 9.59 Å². The van der Waals surface area contributed by atoms with Crippen LogP contribution in [0.15, 0.2) is 46.1 Å². The van der Waals surface area contributed by atoms with Crippen molar-refractivity contribution in [1.29, 1.82) is 0 Å². The quantitative estimate of drug-likeness (QED) is 0.457. The van der Waals surface area contributed by atoms with E-state index in [1.807, 2.05) is 45.0 Å². The number of aryl methyl sites for hydroxylation is 2. The van der Waals surface area contributed by atoms with Crippen molar-refractivity contribution in [2.75, 3.05) is 5.32 Å². The van der Waals surface area contributed by atoms with Gasteiger partial charge in [0.05, 0.1) is 22.6 Å². The van der Waals surface area contributed by atoms with Crippen LogP contribution in [0.1, 0.15) is 23.2 Å². The normalized spacial score (nSPS) is 12.2. The van der Waals surface area contributed by atoms with Gasteiger partial charge >= 0.3 is 0 Å². The lowest BCUT2D eigenvalue weighted by Gasteiger charge is -2.12. The molecule has 3 aromatic heterocycles. The number of rotatable bonds is 6. The van der Waals surface area contributed by atoms with Crippen LogP contribution in [-0.2, 0) is 10.5 Å². The van der Waals surface area contributed by atoms with Crippen LogP contribution < -0.4 is 10.9 Å². The molecule has 0 fully saturated rings. The highest BCUT2D eigenvalue weighted by Crippen LogP contribution is 2.27. The molecule has 1 atom stereocenters. The van der Waals surface area contributed by atoms with Crippen molar-refractivity contribution >= 4 is 44.9 Å². The Morgan fingerprint density at radius 1 is 1.30 bits per heavy atom. The van der Waals surface area contributed by atoms with Crippen molar-refractivity contribution in [1.82, 2.24) is 15.0 Å². The maximum Gasteiger partial charge on any atom is 0.259 e. The molecule has 0 saturated heterocycles. The summed E-state index contributed by atoms with van der Waals surface area (Å²) in [5, 5.41) is 3.25. The molecule has 1 unspecified atom stereocenters. The number of anilines is 1. The molecule has 0 aliphatic carbocycles. The summed E-state index contributed by atoms with van der Waals surface area (Å²) in [5.41, 5.74) is 2.44. The highest BCUT2D eigenvalue weighted by molar-refractivity contribution is 7.99. The van der Waals surface area contributed by atoms with E-state index < -0.39 is 0 Å². The highest BCUT2D eigenvalue weighted by Gasteiger charge is 2.16. The van der Waals surface area contributed by atoms with Crippen LogP contribution in [0.25, 0.3) is 21.5 Å². The Kier molecular flexibility index (Phi) is 5.74. The largest absolute Gasteiger partial charge is 0.444 e. The molecule has 7 nitrogen and oxygen atoms in total. The van der Waals surface area contributed by atoms with E-state index in [-0.39, 0.29) is 16.7 Å². The Labute approximate surface area is 181 Å². The second-order valence-electron chi connectivity index (χ2n) is 6.86. The molecule has 1 aromatic carbocycles. The van der Waals surface area contributed by atoms with E-state index in [0.29, 0.717) is 28.4 Å². The van der Waals surface area contributed by atoms with Crippen molar-refractivity contribution in [2.45, 2.75) is 31.8 Å². The van der Waals surface area contributed by atoms with Crippen molar-refractivity contribution in [3.05, 3.63) is 63.5 Å². The van der Waals surface area contributed by atoms with Gasteiger partial charge in [-0.25, -0.2) is 9.97 Å². The number of H-pyrrole nitrogens is 1. The summed E-state index contributed by atoms with van der Waals surface area (Å²) in [4.78, 5) is 38.0. The fraction of sp³-hybridized carbons (Fsp3) is 0.238. The number of nitrogens with one attached hydrogen (secondary N) is 2. The average molecular weight is 441 g/mol. The topological polar surface area (TPSA) is 101 Å². The van der Waals surface area contributed by atoms with Gasteiger partial charge in [0, 0.05) is 16.1 Å². The first-order valence-electron chi connectivity index (χ1n) is 9.32. The number of hydrogen-bond acceptors (Lipinski definition) is 7. The lowest BCUT2D eigenvalue weighted by atomic mass is 10.1. The first-order chi connectivity index (χ1) is 14.4. The third-order valence-corrected chi connectivity index (χ3v) is 7.05. The molecule has 0 bridgehead atoms. The Hall–Kier alpha value is -2.91. The number of carbonyl (C=O) groups is 1. The van der Waals surface area contributed by atoms with Crippen LogP contribution in [0, 0.1) is 13.8 Å². The molecule has 2 N–H and O–H groups in total. The number of aromatic amines is 1. The van der Waals surface area contributed by atoms with Gasteiger partial charge in [0.15, 0.2) is 12.2 Å². The van der Waals surface area contributed by atoms with E-state index in [4.69, 9.17) is 4.42 Å². The molecule has 154 valence electrons. The Morgan fingerprint density at radius 2 is 2.07 bits per heavy atom. The van der Waals surface area contributed by atoms with Gasteiger partial charge in [-0.3, -0.25) is 9.59 Å². The Balaban J connectivity index is 1.38. The monoisotopic (exact) mass is 440 g/mol. The fourth-order valence-corrected chi connectivity index (χ4v) is 4.77. The summed E-state index contributed by atoms with van der Waals surface area (Å²) in [5.74, 6) is 1.58. The number of aromatic nitrogens is 3. The molecule has 1 amide bonds. The van der Waals surface area contributed by atoms with E-state index >= 15 is 0 Å². The van der Waals surface area contributed by atoms with Crippen molar-refractivity contribution in [3.63, 3.8) is 0 Å². The average Bonchev–Trinajstić information content (AvgIpc) is 3.35. The molecular formula is C21H20N4O3S2. The number of hydrogen-bond donors (Lipinski definition) is 2. The van der Waals surface area contributed by atoms with E-state index in [2.05, 4.69) is 20.3 Å². The second kappa shape index (κ2) is 8.45. The molecule has 0 aliphatic rings. The predicted molar refractivity (Wildman–Crippen MR) is 121 cm³/mol. The first kappa shape index (κ1) is 20.4. The predicted octanol–water partition coefficient (Wildman–Crippen LogP) is 4.52. The zero-order valence-corrected chi connectivity index (χ0v) is 18.3. The maximum atomic E-state index is 12.5. The van der Waals surface area contributed by atoms with Gasteiger partial charge in [-0.1, -0.05) is 0 Å². The summed E-state index contributed by atoms with van der Waals surface area (Å²) < 4.78 is 5.26. The van der Waals surface area contributed by atoms with Gasteiger partial charge in [-0.2, -0.15) is 0 Å². The molecule has 30 heavy (non-hydrogen) atoms. The van der Waals surface area contributed by atoms with Gasteiger partial charge < -0.3 is 14.7 Å². The summed E-state index contributed by atoms with van der Waals surface area (Å²) in [7, 11) is 0. The van der Waals surface area contributed by atoms with Crippen LogP contribution in [0.4, 0.5) is 5.69 Å². The van der Waals surface area contributed by atoms with Gasteiger partial charge in [0.1, 0.15) is 10.7 Å². The minimum Gasteiger partial charge on any atom is -0.444 e. The van der Waals surface area contributed by atoms with Crippen molar-refractivity contribution < 1.29 is 9.21 Å². The van der Waals surface area contributed by atoms with E-state index in [1.54, 1.807) is 6.20 Å². The van der Waals surface area contributed by atoms with Gasteiger partial charge in [0.2, 0.25) is 5.91 Å². The molecule has 0 radical (unpaired) electrons. The van der Waals surface area contributed by atoms with Crippen LogP contribution in [-0.4, -0.2) is 26.1 Å². The number of oxazole rings is 1. The van der Waals surface area contributed by atoms with Crippen LogP contribution in [0.5, 0.6) is 0 Å². The molecule has 4 rings (SSSR count).